The number of Topliss-reactive ketones (excluding diaryl/α,β-unsaturated/α-hetero) is 1. The van der Waals surface area contributed by atoms with E-state index in [0.29, 0.717) is 23.5 Å². The highest BCUT2D eigenvalue weighted by atomic mass is 16.5. The van der Waals surface area contributed by atoms with Crippen molar-refractivity contribution in [2.24, 2.45) is 0 Å². The Kier molecular flexibility index (Phi) is 4.87. The average molecular weight is 314 g/mol. The Morgan fingerprint density at radius 2 is 1.38 bits per heavy atom. The first-order valence-corrected chi connectivity index (χ1v) is 7.80. The fourth-order valence-electron chi connectivity index (χ4n) is 2.46. The zero-order chi connectivity index (χ0) is 16.8. The van der Waals surface area contributed by atoms with Crippen molar-refractivity contribution in [1.82, 2.24) is 0 Å². The summed E-state index contributed by atoms with van der Waals surface area (Å²) in [4.78, 5) is 12.6. The first-order chi connectivity index (χ1) is 11.8. The minimum absolute atomic E-state index is 0.0913. The van der Waals surface area contributed by atoms with Crippen molar-refractivity contribution in [3.63, 3.8) is 0 Å². The molecule has 3 aromatic rings. The van der Waals surface area contributed by atoms with Crippen LogP contribution in [0.2, 0.25) is 0 Å². The highest BCUT2D eigenvalue weighted by Gasteiger charge is 2.15. The Labute approximate surface area is 142 Å². The fraction of sp³-hybridized carbons (Fsp3) is 0.0455. The van der Waals surface area contributed by atoms with Gasteiger partial charge in [0.1, 0.15) is 12.4 Å². The smallest absolute Gasteiger partial charge is 0.193 e. The molecule has 0 saturated heterocycles. The van der Waals surface area contributed by atoms with Crippen molar-refractivity contribution in [1.29, 1.82) is 0 Å². The van der Waals surface area contributed by atoms with E-state index in [4.69, 9.17) is 4.74 Å². The lowest BCUT2D eigenvalue weighted by Gasteiger charge is -2.13. The SMILES string of the molecule is C=C(C(=O)c1ccccc1)c1ccccc1OCc1ccccc1. The number of carbonyl (C=O) groups excluding carboxylic acids is 1. The van der Waals surface area contributed by atoms with Crippen LogP contribution in [-0.2, 0) is 6.61 Å². The zero-order valence-electron chi connectivity index (χ0n) is 13.3. The van der Waals surface area contributed by atoms with Gasteiger partial charge in [0.25, 0.3) is 0 Å². The maximum Gasteiger partial charge on any atom is 0.193 e. The molecule has 0 amide bonds. The molecule has 0 fully saturated rings. The first kappa shape index (κ1) is 15.8. The third-order valence-corrected chi connectivity index (χ3v) is 3.76. The van der Waals surface area contributed by atoms with Crippen LogP contribution in [0.3, 0.4) is 0 Å². The summed E-state index contributed by atoms with van der Waals surface area (Å²) in [5.74, 6) is 0.571. The standard InChI is InChI=1S/C22H18O2/c1-17(22(23)19-12-6-3-7-13-19)20-14-8-9-15-21(20)24-16-18-10-4-2-5-11-18/h2-15H,1,16H2. The summed E-state index contributed by atoms with van der Waals surface area (Å²) in [5, 5.41) is 0. The molecule has 0 atom stereocenters. The summed E-state index contributed by atoms with van der Waals surface area (Å²) in [6.07, 6.45) is 0. The molecule has 2 heteroatoms. The van der Waals surface area contributed by atoms with Crippen molar-refractivity contribution >= 4 is 11.4 Å². The van der Waals surface area contributed by atoms with Gasteiger partial charge in [-0.3, -0.25) is 4.79 Å². The number of carbonyl (C=O) groups is 1. The molecule has 3 rings (SSSR count). The van der Waals surface area contributed by atoms with Gasteiger partial charge < -0.3 is 4.74 Å². The molecule has 0 N–H and O–H groups in total. The van der Waals surface area contributed by atoms with E-state index in [9.17, 15) is 4.79 Å². The molecule has 0 radical (unpaired) electrons. The zero-order valence-corrected chi connectivity index (χ0v) is 13.3. The molecule has 0 bridgehead atoms. The van der Waals surface area contributed by atoms with Gasteiger partial charge in [0.2, 0.25) is 0 Å². The second kappa shape index (κ2) is 7.42. The van der Waals surface area contributed by atoms with E-state index < -0.39 is 0 Å². The monoisotopic (exact) mass is 314 g/mol. The van der Waals surface area contributed by atoms with Gasteiger partial charge in [-0.15, -0.1) is 0 Å². The predicted octanol–water partition coefficient (Wildman–Crippen LogP) is 5.16. The van der Waals surface area contributed by atoms with Crippen LogP contribution in [-0.4, -0.2) is 5.78 Å². The average Bonchev–Trinajstić information content (AvgIpc) is 2.67. The topological polar surface area (TPSA) is 26.3 Å². The summed E-state index contributed by atoms with van der Waals surface area (Å²) in [6.45, 7) is 4.44. The minimum Gasteiger partial charge on any atom is -0.488 e. The number of benzene rings is 3. The number of ether oxygens (including phenoxy) is 1. The molecule has 2 nitrogen and oxygen atoms in total. The molecule has 0 spiro atoms. The molecule has 0 unspecified atom stereocenters. The van der Waals surface area contributed by atoms with Crippen molar-refractivity contribution in [2.45, 2.75) is 6.61 Å². The van der Waals surface area contributed by atoms with Gasteiger partial charge in [0.15, 0.2) is 5.78 Å². The fourth-order valence-corrected chi connectivity index (χ4v) is 2.46. The molecule has 0 aromatic heterocycles. The van der Waals surface area contributed by atoms with Crippen LogP contribution in [0.25, 0.3) is 5.57 Å². The lowest BCUT2D eigenvalue weighted by molar-refractivity contribution is 0.105. The Morgan fingerprint density at radius 3 is 2.08 bits per heavy atom. The van der Waals surface area contributed by atoms with Gasteiger partial charge in [-0.25, -0.2) is 0 Å². The number of ketones is 1. The van der Waals surface area contributed by atoms with Gasteiger partial charge in [0.05, 0.1) is 0 Å². The van der Waals surface area contributed by atoms with E-state index in [-0.39, 0.29) is 5.78 Å². The van der Waals surface area contributed by atoms with Crippen molar-refractivity contribution in [3.8, 4) is 5.75 Å². The number of hydrogen-bond donors (Lipinski definition) is 0. The van der Waals surface area contributed by atoms with Gasteiger partial charge in [0, 0.05) is 16.7 Å². The predicted molar refractivity (Wildman–Crippen MR) is 97.0 cm³/mol. The second-order valence-electron chi connectivity index (χ2n) is 5.44. The van der Waals surface area contributed by atoms with E-state index >= 15 is 0 Å². The van der Waals surface area contributed by atoms with Crippen LogP contribution in [0.4, 0.5) is 0 Å². The number of rotatable bonds is 6. The van der Waals surface area contributed by atoms with Gasteiger partial charge in [-0.05, 0) is 11.6 Å². The summed E-state index contributed by atoms with van der Waals surface area (Å²) in [7, 11) is 0. The summed E-state index contributed by atoms with van der Waals surface area (Å²) >= 11 is 0. The summed E-state index contributed by atoms with van der Waals surface area (Å²) in [6, 6.07) is 26.6. The Morgan fingerprint density at radius 1 is 0.792 bits per heavy atom. The number of para-hydroxylation sites is 1. The Bertz CT molecular complexity index is 836. The van der Waals surface area contributed by atoms with E-state index in [1.807, 2.05) is 72.8 Å². The van der Waals surface area contributed by atoms with Gasteiger partial charge >= 0.3 is 0 Å². The first-order valence-electron chi connectivity index (χ1n) is 7.80. The third-order valence-electron chi connectivity index (χ3n) is 3.76. The van der Waals surface area contributed by atoms with E-state index in [0.717, 1.165) is 11.1 Å². The van der Waals surface area contributed by atoms with Crippen LogP contribution < -0.4 is 4.74 Å². The highest BCUT2D eigenvalue weighted by molar-refractivity contribution is 6.28. The molecule has 0 saturated carbocycles. The van der Waals surface area contributed by atoms with Crippen molar-refractivity contribution in [2.75, 3.05) is 0 Å². The molecule has 118 valence electrons. The van der Waals surface area contributed by atoms with E-state index in [1.54, 1.807) is 12.1 Å². The van der Waals surface area contributed by atoms with Crippen LogP contribution in [0.5, 0.6) is 5.75 Å². The normalized spacial score (nSPS) is 10.2. The van der Waals surface area contributed by atoms with Gasteiger partial charge in [-0.1, -0.05) is 85.4 Å². The van der Waals surface area contributed by atoms with E-state index in [1.165, 1.54) is 0 Å². The van der Waals surface area contributed by atoms with Gasteiger partial charge in [-0.2, -0.15) is 0 Å². The maximum atomic E-state index is 12.6. The molecular formula is C22H18O2. The van der Waals surface area contributed by atoms with E-state index in [2.05, 4.69) is 6.58 Å². The third kappa shape index (κ3) is 3.61. The molecule has 0 aliphatic carbocycles. The summed E-state index contributed by atoms with van der Waals surface area (Å²) < 4.78 is 5.92. The second-order valence-corrected chi connectivity index (χ2v) is 5.44. The Balaban J connectivity index is 1.81. The van der Waals surface area contributed by atoms with Crippen LogP contribution >= 0.6 is 0 Å². The quantitative estimate of drug-likeness (QED) is 0.464. The molecule has 0 heterocycles. The highest BCUT2D eigenvalue weighted by Crippen LogP contribution is 2.28. The molecule has 24 heavy (non-hydrogen) atoms. The summed E-state index contributed by atoms with van der Waals surface area (Å²) in [5.41, 5.74) is 2.86. The Hall–Kier alpha value is -3.13. The van der Waals surface area contributed by atoms with Crippen molar-refractivity contribution < 1.29 is 9.53 Å². The minimum atomic E-state index is -0.0913. The largest absolute Gasteiger partial charge is 0.488 e. The van der Waals surface area contributed by atoms with Crippen LogP contribution in [0, 0.1) is 0 Å². The lowest BCUT2D eigenvalue weighted by atomic mass is 9.97. The lowest BCUT2D eigenvalue weighted by Crippen LogP contribution is -2.04. The van der Waals surface area contributed by atoms with Crippen LogP contribution in [0.15, 0.2) is 91.5 Å². The maximum absolute atomic E-state index is 12.6. The van der Waals surface area contributed by atoms with Crippen molar-refractivity contribution in [3.05, 3.63) is 108 Å². The number of hydrogen-bond acceptors (Lipinski definition) is 2. The molecule has 3 aromatic carbocycles. The molecule has 0 aliphatic heterocycles. The number of allylic oxidation sites excluding steroid dienone is 1. The molecule has 0 aliphatic rings. The van der Waals surface area contributed by atoms with Crippen LogP contribution in [0.1, 0.15) is 21.5 Å². The molecular weight excluding hydrogens is 296 g/mol.